The zero-order valence-electron chi connectivity index (χ0n) is 65.0. The van der Waals surface area contributed by atoms with Crippen LogP contribution in [0.4, 0.5) is 5.82 Å². The number of Topliss-reactive ketones (excluding diaryl/α,β-unsaturated/α-hetero) is 1. The van der Waals surface area contributed by atoms with Gasteiger partial charge in [-0.15, -0.1) is 0 Å². The molecule has 0 spiro atoms. The summed E-state index contributed by atoms with van der Waals surface area (Å²) in [5.74, 6) is -0.0785. The molecule has 1 aliphatic heterocycles. The van der Waals surface area contributed by atoms with Gasteiger partial charge in [0.15, 0.2) is 28.5 Å². The van der Waals surface area contributed by atoms with Gasteiger partial charge in [-0.2, -0.15) is 0 Å². The molecule has 0 aliphatic carbocycles. The Balaban J connectivity index is 1.33. The average Bonchev–Trinajstić information content (AvgIpc) is 1.78. The van der Waals surface area contributed by atoms with Gasteiger partial charge in [0.2, 0.25) is 11.7 Å². The van der Waals surface area contributed by atoms with Crippen molar-refractivity contribution in [2.75, 3.05) is 45.3 Å². The molecule has 0 radical (unpaired) electrons. The monoisotopic (exact) mass is 1410 g/mol. The molecule has 1 saturated heterocycles. The minimum absolute atomic E-state index is 0.00678. The highest BCUT2D eigenvalue weighted by Crippen LogP contribution is 2.41. The number of ketones is 1. The Morgan fingerprint density at radius 1 is 0.485 bits per heavy atom. The molecule has 2 amide bonds. The molecule has 17 nitrogen and oxygen atoms in total. The second-order valence-corrected chi connectivity index (χ2v) is 29.3. The van der Waals surface area contributed by atoms with Crippen LogP contribution < -0.4 is 19.5 Å². The van der Waals surface area contributed by atoms with Gasteiger partial charge in [0.05, 0.1) is 51.6 Å². The van der Waals surface area contributed by atoms with Gasteiger partial charge in [-0.3, -0.25) is 23.7 Å². The Morgan fingerprint density at radius 2 is 0.881 bits per heavy atom. The third-order valence-electron chi connectivity index (χ3n) is 20.1. The van der Waals surface area contributed by atoms with Crippen molar-refractivity contribution in [1.82, 2.24) is 24.4 Å². The number of anilines is 1. The average molecular weight is 1410 g/mol. The Labute approximate surface area is 613 Å². The van der Waals surface area contributed by atoms with Crippen LogP contribution in [0.1, 0.15) is 398 Å². The highest BCUT2D eigenvalue weighted by molar-refractivity contribution is 5.98. The number of hydrogen-bond acceptors (Lipinski definition) is 14. The fourth-order valence-electron chi connectivity index (χ4n) is 13.7. The van der Waals surface area contributed by atoms with Crippen molar-refractivity contribution in [3.8, 4) is 17.2 Å². The molecule has 0 saturated carbocycles. The molecule has 17 heteroatoms. The molecule has 3 heterocycles. The van der Waals surface area contributed by atoms with Gasteiger partial charge in [0.1, 0.15) is 31.0 Å². The number of hydrogen-bond donors (Lipinski definition) is 1. The number of carbonyl (C=O) groups is 5. The van der Waals surface area contributed by atoms with Crippen LogP contribution in [0.2, 0.25) is 0 Å². The Bertz CT molecular complexity index is 2550. The van der Waals surface area contributed by atoms with E-state index in [4.69, 9.17) is 28.4 Å². The van der Waals surface area contributed by atoms with Gasteiger partial charge in [0.25, 0.3) is 5.91 Å². The molecule has 1 fully saturated rings. The number of ether oxygens (including phenoxy) is 6. The summed E-state index contributed by atoms with van der Waals surface area (Å²) in [6, 6.07) is 3.60. The fraction of sp³-hybridized carbons (Fsp3) is 0.810. The third kappa shape index (κ3) is 41.1. The summed E-state index contributed by atoms with van der Waals surface area (Å²) in [6.07, 6.45) is 64.3. The van der Waals surface area contributed by atoms with E-state index in [-0.39, 0.29) is 62.4 Å². The number of imidazole rings is 1. The van der Waals surface area contributed by atoms with Crippen LogP contribution in [0.5, 0.6) is 17.2 Å². The first-order chi connectivity index (χ1) is 49.5. The summed E-state index contributed by atoms with van der Waals surface area (Å²) >= 11 is 0. The lowest BCUT2D eigenvalue weighted by atomic mass is 10.0. The first-order valence-corrected chi connectivity index (χ1v) is 41.8. The van der Waals surface area contributed by atoms with E-state index in [1.165, 1.54) is 288 Å². The molecule has 2 aromatic heterocycles. The van der Waals surface area contributed by atoms with Crippen molar-refractivity contribution in [3.63, 3.8) is 0 Å². The first-order valence-electron chi connectivity index (χ1n) is 41.8. The van der Waals surface area contributed by atoms with Gasteiger partial charge in [-0.05, 0) is 44.7 Å². The van der Waals surface area contributed by atoms with Gasteiger partial charge < -0.3 is 43.4 Å². The summed E-state index contributed by atoms with van der Waals surface area (Å²) in [6.45, 7) is 11.8. The minimum atomic E-state index is -0.584. The second-order valence-electron chi connectivity index (χ2n) is 29.3. The highest BCUT2D eigenvalue weighted by Gasteiger charge is 2.39. The molecule has 0 bridgehead atoms. The topological polar surface area (TPSA) is 200 Å². The van der Waals surface area contributed by atoms with E-state index in [1.807, 2.05) is 6.92 Å². The van der Waals surface area contributed by atoms with Crippen molar-refractivity contribution in [2.45, 2.75) is 400 Å². The van der Waals surface area contributed by atoms with Crippen molar-refractivity contribution in [1.29, 1.82) is 0 Å². The maximum Gasteiger partial charge on any atom is 0.306 e. The normalized spacial score (nSPS) is 14.4. The number of fused-ring (bicyclic) bond motifs is 1. The summed E-state index contributed by atoms with van der Waals surface area (Å²) in [7, 11) is 1.69. The maximum atomic E-state index is 14.4. The van der Waals surface area contributed by atoms with Crippen LogP contribution in [-0.2, 0) is 33.4 Å². The van der Waals surface area contributed by atoms with Gasteiger partial charge in [-0.25, -0.2) is 15.0 Å². The smallest absolute Gasteiger partial charge is 0.306 e. The number of nitrogens with zero attached hydrogens (tertiary/aromatic N) is 5. The number of carbonyl (C=O) groups excluding carboxylic acids is 5. The van der Waals surface area contributed by atoms with E-state index < -0.39 is 30.2 Å². The standard InChI is InChI=1S/C84H144N6O11/c1-7-11-14-17-20-23-26-29-32-35-38-41-44-47-50-53-61-96-74-65-71(84(95)89(6)60-64-98-78(93)59-57-76(92)88-82-80-83(86-68-85-82)90(69-87-80)77-67-73(72(10-4)100-77)101-79(94)58-56-70(5)91)66-75(97-62-54-51-48-45-42-39-36-33-30-27-24-21-18-15-12-8-2)81(74)99-63-55-52-49-46-43-40-37-34-31-28-25-22-19-16-13-9-3/h65-66,68-69,72-73,77H,7-64,67H2,1-6H3,(H,85,86,88,92)/t72-,73-,77-/m1/s1. The number of rotatable bonds is 68. The Kier molecular flexibility index (Phi) is 51.4. The number of aromatic nitrogens is 4. The zero-order valence-corrected chi connectivity index (χ0v) is 65.0. The van der Waals surface area contributed by atoms with Gasteiger partial charge in [0, 0.05) is 31.9 Å². The maximum absolute atomic E-state index is 14.4. The molecule has 4 rings (SSSR count). The van der Waals surface area contributed by atoms with Crippen LogP contribution in [0.3, 0.4) is 0 Å². The van der Waals surface area contributed by atoms with Crippen molar-refractivity contribution < 1.29 is 52.4 Å². The number of nitrogens with one attached hydrogen (secondary N) is 1. The second kappa shape index (κ2) is 59.0. The predicted octanol–water partition coefficient (Wildman–Crippen LogP) is 22.8. The van der Waals surface area contributed by atoms with E-state index in [0.717, 1.165) is 38.5 Å². The summed E-state index contributed by atoms with van der Waals surface area (Å²) in [4.78, 5) is 79.5. The largest absolute Gasteiger partial charge is 0.490 e. The van der Waals surface area contributed by atoms with Gasteiger partial charge in [-0.1, -0.05) is 317 Å². The van der Waals surface area contributed by atoms with E-state index >= 15 is 0 Å². The molecule has 1 N–H and O–H groups in total. The summed E-state index contributed by atoms with van der Waals surface area (Å²) in [5, 5.41) is 2.77. The molecule has 3 atom stereocenters. The highest BCUT2D eigenvalue weighted by atomic mass is 16.6. The third-order valence-corrected chi connectivity index (χ3v) is 20.1. The molecular formula is C84H144N6O11. The van der Waals surface area contributed by atoms with E-state index in [9.17, 15) is 24.0 Å². The number of likely N-dealkylation sites (N-methyl/N-ethyl adjacent to an activating group) is 1. The molecular weight excluding hydrogens is 1270 g/mol. The van der Waals surface area contributed by atoms with Crippen LogP contribution >= 0.6 is 0 Å². The van der Waals surface area contributed by atoms with Gasteiger partial charge >= 0.3 is 11.9 Å². The number of esters is 2. The molecule has 101 heavy (non-hydrogen) atoms. The van der Waals surface area contributed by atoms with E-state index in [2.05, 4.69) is 41.0 Å². The summed E-state index contributed by atoms with van der Waals surface area (Å²) in [5.41, 5.74) is 1.14. The van der Waals surface area contributed by atoms with E-state index in [0.29, 0.717) is 66.6 Å². The molecule has 576 valence electrons. The number of amides is 2. The van der Waals surface area contributed by atoms with Crippen LogP contribution in [0.15, 0.2) is 24.8 Å². The molecule has 1 aromatic carbocycles. The lowest BCUT2D eigenvalue weighted by Gasteiger charge is -2.21. The van der Waals surface area contributed by atoms with Crippen LogP contribution in [0, 0.1) is 0 Å². The van der Waals surface area contributed by atoms with Crippen LogP contribution in [0.25, 0.3) is 11.2 Å². The fourth-order valence-corrected chi connectivity index (χ4v) is 13.7. The van der Waals surface area contributed by atoms with Crippen LogP contribution in [-0.4, -0.2) is 106 Å². The quantitative estimate of drug-likeness (QED) is 0.0413. The Hall–Kier alpha value is -5.32. The lowest BCUT2D eigenvalue weighted by molar-refractivity contribution is -0.152. The Morgan fingerprint density at radius 3 is 1.29 bits per heavy atom. The zero-order chi connectivity index (χ0) is 72.4. The summed E-state index contributed by atoms with van der Waals surface area (Å²) < 4.78 is 39.3. The predicted molar refractivity (Wildman–Crippen MR) is 411 cm³/mol. The van der Waals surface area contributed by atoms with Crippen molar-refractivity contribution >= 4 is 46.5 Å². The van der Waals surface area contributed by atoms with E-state index in [1.54, 1.807) is 30.1 Å². The molecule has 0 unspecified atom stereocenters. The van der Waals surface area contributed by atoms with Crippen molar-refractivity contribution in [3.05, 3.63) is 30.4 Å². The first kappa shape index (κ1) is 88.1. The number of benzene rings is 1. The number of unbranched alkanes of at least 4 members (excludes halogenated alkanes) is 45. The molecule has 3 aromatic rings. The molecule has 1 aliphatic rings. The minimum Gasteiger partial charge on any atom is -0.490 e. The SMILES string of the molecule is CCCCCCCCCCCCCCCCCCOc1cc(C(=O)N(C)CCOC(=O)CCC(=O)Nc2ncnc3c2ncn3[C@H]2C[C@@H](OC(=O)CCC(C)=O)[C@@H](CC)O2)cc(OCCCCCCCCCCCCCCCCCC)c1OCCCCCCCCCCCCCCCCCC. The van der Waals surface area contributed by atoms with Crippen molar-refractivity contribution in [2.24, 2.45) is 0 Å². The lowest BCUT2D eigenvalue weighted by Crippen LogP contribution is -2.31.